The fourth-order valence-electron chi connectivity index (χ4n) is 2.68. The molecule has 2 rings (SSSR count). The molecule has 0 bridgehead atoms. The van der Waals surface area contributed by atoms with Gasteiger partial charge in [0, 0.05) is 26.2 Å². The number of hydrogen-bond acceptors (Lipinski definition) is 3. The van der Waals surface area contributed by atoms with Crippen molar-refractivity contribution in [1.29, 1.82) is 0 Å². The van der Waals surface area contributed by atoms with Gasteiger partial charge in [-0.2, -0.15) is 12.6 Å². The van der Waals surface area contributed by atoms with Gasteiger partial charge >= 0.3 is 0 Å². The topological polar surface area (TPSA) is 6.48 Å². The van der Waals surface area contributed by atoms with E-state index >= 15 is 0 Å². The predicted molar refractivity (Wildman–Crippen MR) is 101 cm³/mol. The smallest absolute Gasteiger partial charge is 0.0110 e. The first-order valence-corrected chi connectivity index (χ1v) is 8.11. The van der Waals surface area contributed by atoms with E-state index in [2.05, 4.69) is 52.8 Å². The Bertz CT molecular complexity index is 343. The highest BCUT2D eigenvalue weighted by Crippen LogP contribution is 2.07. The third kappa shape index (κ3) is 8.32. The second-order valence-corrected chi connectivity index (χ2v) is 5.80. The standard InChI is InChI=1S/C16H26N2S.2ClH/c19-15-5-10-18-13-11-17(12-14-18)9-4-8-16-6-2-1-3-7-16;;/h1-3,6-7,19H,4-5,8-15H2;2*1H. The monoisotopic (exact) mass is 350 g/mol. The molecule has 0 aromatic heterocycles. The number of benzene rings is 1. The van der Waals surface area contributed by atoms with E-state index < -0.39 is 0 Å². The fraction of sp³-hybridized carbons (Fsp3) is 0.625. The average Bonchev–Trinajstić information content (AvgIpc) is 2.47. The van der Waals surface area contributed by atoms with Gasteiger partial charge in [0.1, 0.15) is 0 Å². The van der Waals surface area contributed by atoms with E-state index in [1.54, 1.807) is 0 Å². The lowest BCUT2D eigenvalue weighted by molar-refractivity contribution is 0.132. The van der Waals surface area contributed by atoms with Gasteiger partial charge in [0.25, 0.3) is 0 Å². The van der Waals surface area contributed by atoms with E-state index in [0.29, 0.717) is 0 Å². The van der Waals surface area contributed by atoms with Crippen molar-refractivity contribution in [2.75, 3.05) is 45.0 Å². The predicted octanol–water partition coefficient (Wildman–Crippen LogP) is 3.40. The van der Waals surface area contributed by atoms with Gasteiger partial charge in [0.2, 0.25) is 0 Å². The molecular formula is C16H28Cl2N2S. The molecule has 1 aliphatic rings. The molecule has 1 fully saturated rings. The van der Waals surface area contributed by atoms with Crippen LogP contribution in [0, 0.1) is 0 Å². The summed E-state index contributed by atoms with van der Waals surface area (Å²) in [5.41, 5.74) is 1.47. The molecule has 0 spiro atoms. The number of rotatable bonds is 7. The average molecular weight is 351 g/mol. The summed E-state index contributed by atoms with van der Waals surface area (Å²) in [5.74, 6) is 1.01. The molecule has 0 atom stereocenters. The van der Waals surface area contributed by atoms with E-state index in [1.807, 2.05) is 0 Å². The molecular weight excluding hydrogens is 323 g/mol. The minimum Gasteiger partial charge on any atom is -0.301 e. The number of halogens is 2. The zero-order valence-corrected chi connectivity index (χ0v) is 15.1. The quantitative estimate of drug-likeness (QED) is 0.753. The molecule has 5 heteroatoms. The zero-order chi connectivity index (χ0) is 13.3. The van der Waals surface area contributed by atoms with Crippen LogP contribution in [-0.4, -0.2) is 54.8 Å². The van der Waals surface area contributed by atoms with Crippen molar-refractivity contribution in [3.8, 4) is 0 Å². The molecule has 1 aliphatic heterocycles. The normalized spacial score (nSPS) is 16.0. The summed E-state index contributed by atoms with van der Waals surface area (Å²) in [7, 11) is 0. The van der Waals surface area contributed by atoms with Crippen molar-refractivity contribution < 1.29 is 0 Å². The van der Waals surface area contributed by atoms with Crippen LogP contribution in [-0.2, 0) is 6.42 Å². The van der Waals surface area contributed by atoms with Crippen molar-refractivity contribution in [3.05, 3.63) is 35.9 Å². The Morgan fingerprint density at radius 3 is 1.86 bits per heavy atom. The molecule has 1 saturated heterocycles. The Hall–Kier alpha value is 0.0700. The van der Waals surface area contributed by atoms with E-state index in [1.165, 1.54) is 64.1 Å². The Morgan fingerprint density at radius 1 is 0.810 bits per heavy atom. The highest BCUT2D eigenvalue weighted by Gasteiger charge is 2.15. The molecule has 0 N–H and O–H groups in total. The lowest BCUT2D eigenvalue weighted by atomic mass is 10.1. The fourth-order valence-corrected chi connectivity index (χ4v) is 2.82. The summed E-state index contributed by atoms with van der Waals surface area (Å²) in [5, 5.41) is 0. The molecule has 0 amide bonds. The largest absolute Gasteiger partial charge is 0.301 e. The molecule has 21 heavy (non-hydrogen) atoms. The van der Waals surface area contributed by atoms with Gasteiger partial charge in [-0.3, -0.25) is 0 Å². The van der Waals surface area contributed by atoms with E-state index in [4.69, 9.17) is 0 Å². The second kappa shape index (κ2) is 12.6. The van der Waals surface area contributed by atoms with Crippen LogP contribution in [0.5, 0.6) is 0 Å². The maximum Gasteiger partial charge on any atom is 0.0110 e. The van der Waals surface area contributed by atoms with Crippen molar-refractivity contribution in [3.63, 3.8) is 0 Å². The molecule has 0 aliphatic carbocycles. The summed E-state index contributed by atoms with van der Waals surface area (Å²) in [6.07, 6.45) is 3.71. The summed E-state index contributed by atoms with van der Waals surface area (Å²) in [6.45, 7) is 7.41. The van der Waals surface area contributed by atoms with Crippen LogP contribution in [0.3, 0.4) is 0 Å². The van der Waals surface area contributed by atoms with Crippen LogP contribution in [0.2, 0.25) is 0 Å². The highest BCUT2D eigenvalue weighted by molar-refractivity contribution is 7.80. The lowest BCUT2D eigenvalue weighted by Gasteiger charge is -2.34. The maximum absolute atomic E-state index is 4.28. The van der Waals surface area contributed by atoms with Gasteiger partial charge in [-0.15, -0.1) is 24.8 Å². The first-order chi connectivity index (χ1) is 9.38. The van der Waals surface area contributed by atoms with Crippen molar-refractivity contribution in [1.82, 2.24) is 9.80 Å². The molecule has 1 heterocycles. The van der Waals surface area contributed by atoms with Crippen LogP contribution in [0.15, 0.2) is 30.3 Å². The van der Waals surface area contributed by atoms with E-state index in [9.17, 15) is 0 Å². The third-order valence-electron chi connectivity index (χ3n) is 3.88. The Morgan fingerprint density at radius 2 is 1.33 bits per heavy atom. The van der Waals surface area contributed by atoms with Crippen molar-refractivity contribution >= 4 is 37.4 Å². The minimum atomic E-state index is 0. The molecule has 2 nitrogen and oxygen atoms in total. The minimum absolute atomic E-state index is 0. The van der Waals surface area contributed by atoms with Crippen molar-refractivity contribution in [2.45, 2.75) is 19.3 Å². The Kier molecular flexibility index (Phi) is 12.6. The van der Waals surface area contributed by atoms with Crippen LogP contribution in [0.1, 0.15) is 18.4 Å². The first-order valence-electron chi connectivity index (χ1n) is 7.48. The van der Waals surface area contributed by atoms with Gasteiger partial charge in [-0.25, -0.2) is 0 Å². The summed E-state index contributed by atoms with van der Waals surface area (Å²) >= 11 is 4.28. The number of aryl methyl sites for hydroxylation is 1. The Labute approximate surface area is 147 Å². The first kappa shape index (κ1) is 21.1. The molecule has 0 saturated carbocycles. The van der Waals surface area contributed by atoms with E-state index in [-0.39, 0.29) is 24.8 Å². The lowest BCUT2D eigenvalue weighted by Crippen LogP contribution is -2.46. The summed E-state index contributed by atoms with van der Waals surface area (Å²) in [4.78, 5) is 5.18. The second-order valence-electron chi connectivity index (χ2n) is 5.35. The summed E-state index contributed by atoms with van der Waals surface area (Å²) < 4.78 is 0. The number of thiol groups is 1. The third-order valence-corrected chi connectivity index (χ3v) is 4.20. The van der Waals surface area contributed by atoms with Gasteiger partial charge in [-0.1, -0.05) is 30.3 Å². The van der Waals surface area contributed by atoms with Crippen LogP contribution in [0.4, 0.5) is 0 Å². The van der Waals surface area contributed by atoms with Crippen LogP contribution in [0.25, 0.3) is 0 Å². The Balaban J connectivity index is 0.00000200. The van der Waals surface area contributed by atoms with E-state index in [0.717, 1.165) is 5.75 Å². The number of hydrogen-bond donors (Lipinski definition) is 1. The molecule has 122 valence electrons. The van der Waals surface area contributed by atoms with Crippen molar-refractivity contribution in [2.24, 2.45) is 0 Å². The molecule has 1 aromatic rings. The van der Waals surface area contributed by atoms with Gasteiger partial charge < -0.3 is 9.80 Å². The maximum atomic E-state index is 4.28. The summed E-state index contributed by atoms with van der Waals surface area (Å²) in [6, 6.07) is 10.8. The van der Waals surface area contributed by atoms with Crippen LogP contribution < -0.4 is 0 Å². The highest BCUT2D eigenvalue weighted by atomic mass is 35.5. The number of nitrogens with zero attached hydrogens (tertiary/aromatic N) is 2. The zero-order valence-electron chi connectivity index (χ0n) is 12.6. The van der Waals surface area contributed by atoms with Gasteiger partial charge in [0.15, 0.2) is 0 Å². The van der Waals surface area contributed by atoms with Crippen LogP contribution >= 0.6 is 37.4 Å². The van der Waals surface area contributed by atoms with Gasteiger partial charge in [-0.05, 0) is 43.7 Å². The molecule has 1 aromatic carbocycles. The molecule has 0 radical (unpaired) electrons. The number of piperazine rings is 1. The van der Waals surface area contributed by atoms with Gasteiger partial charge in [0.05, 0.1) is 0 Å². The SMILES string of the molecule is Cl.Cl.SCCCN1CCN(CCCc2ccccc2)CC1. The molecule has 0 unspecified atom stereocenters.